The molecule has 0 saturated carbocycles. The molecule has 0 aliphatic heterocycles. The first-order chi connectivity index (χ1) is 13.2. The molecule has 0 saturated heterocycles. The van der Waals surface area contributed by atoms with Gasteiger partial charge in [-0.05, 0) is 6.92 Å². The summed E-state index contributed by atoms with van der Waals surface area (Å²) in [5.41, 5.74) is -4.18. The number of alkyl halides is 3. The second-order valence-electron chi connectivity index (χ2n) is 5.56. The molecule has 1 heterocycles. The predicted octanol–water partition coefficient (Wildman–Crippen LogP) is 3.46. The number of oxazole rings is 1. The molecule has 0 radical (unpaired) electrons. The van der Waals surface area contributed by atoms with Gasteiger partial charge in [0.15, 0.2) is 5.89 Å². The Morgan fingerprint density at radius 2 is 1.82 bits per heavy atom. The van der Waals surface area contributed by atoms with Gasteiger partial charge in [-0.3, -0.25) is 10.1 Å². The number of benzene rings is 1. The van der Waals surface area contributed by atoms with Crippen molar-refractivity contribution in [2.45, 2.75) is 32.0 Å². The lowest BCUT2D eigenvalue weighted by Gasteiger charge is -2.32. The van der Waals surface area contributed by atoms with E-state index in [4.69, 9.17) is 9.15 Å². The Morgan fingerprint density at radius 1 is 1.18 bits per heavy atom. The third-order valence-electron chi connectivity index (χ3n) is 3.88. The summed E-state index contributed by atoms with van der Waals surface area (Å²) in [5.74, 6) is -3.01. The highest BCUT2D eigenvalue weighted by Gasteiger charge is 2.63. The first-order valence-corrected chi connectivity index (χ1v) is 8.36. The molecule has 1 amide bonds. The van der Waals surface area contributed by atoms with Crippen LogP contribution in [0.2, 0.25) is 0 Å². The number of amides is 1. The number of hydrogen-bond acceptors (Lipinski definition) is 6. The van der Waals surface area contributed by atoms with Crippen molar-refractivity contribution < 1.29 is 36.7 Å². The highest BCUT2D eigenvalue weighted by Crippen LogP contribution is 2.43. The van der Waals surface area contributed by atoms with Crippen molar-refractivity contribution in [3.8, 4) is 0 Å². The number of anilines is 1. The highest BCUT2D eigenvalue weighted by atomic mass is 19.4. The van der Waals surface area contributed by atoms with Crippen molar-refractivity contribution in [2.24, 2.45) is 0 Å². The van der Waals surface area contributed by atoms with Gasteiger partial charge in [-0.15, -0.1) is 0 Å². The zero-order valence-corrected chi connectivity index (χ0v) is 15.4. The van der Waals surface area contributed by atoms with Gasteiger partial charge >= 0.3 is 12.1 Å². The summed E-state index contributed by atoms with van der Waals surface area (Å²) in [6.07, 6.45) is -4.86. The lowest BCUT2D eigenvalue weighted by molar-refractivity contribution is -0.263. The maximum atomic E-state index is 13.9. The van der Waals surface area contributed by atoms with Crippen LogP contribution in [0.25, 0.3) is 0 Å². The Bertz CT molecular complexity index is 835. The topological polar surface area (TPSA) is 90.7 Å². The van der Waals surface area contributed by atoms with E-state index in [9.17, 15) is 22.8 Å². The number of aromatic nitrogens is 1. The van der Waals surface area contributed by atoms with Crippen molar-refractivity contribution in [2.75, 3.05) is 19.0 Å². The fourth-order valence-corrected chi connectivity index (χ4v) is 2.55. The minimum atomic E-state index is -5.11. The summed E-state index contributed by atoms with van der Waals surface area (Å²) in [7, 11) is 0.768. The molecule has 1 atom stereocenters. The van der Waals surface area contributed by atoms with Crippen LogP contribution < -0.4 is 5.32 Å². The average Bonchev–Trinajstić information content (AvgIpc) is 3.05. The Balaban J connectivity index is 2.51. The molecule has 28 heavy (non-hydrogen) atoms. The fraction of sp³-hybridized carbons (Fsp3) is 0.389. The molecule has 2 rings (SSSR count). The van der Waals surface area contributed by atoms with Gasteiger partial charge in [-0.25, -0.2) is 9.78 Å². The maximum absolute atomic E-state index is 13.9. The van der Waals surface area contributed by atoms with Crippen LogP contribution >= 0.6 is 0 Å². The second-order valence-corrected chi connectivity index (χ2v) is 5.56. The number of ether oxygens (including phenoxy) is 2. The van der Waals surface area contributed by atoms with Crippen LogP contribution in [-0.2, 0) is 26.3 Å². The largest absolute Gasteiger partial charge is 0.461 e. The van der Waals surface area contributed by atoms with E-state index in [2.05, 4.69) is 9.72 Å². The standard InChI is InChI=1S/C18H19F3N2O5/c1-4-12-22-13(15(24)27-5-2)14(28-12)23-16(25)17(26-3,18(19,20)21)11-9-7-6-8-10-11/h6-10H,4-5H2,1-3H3,(H,23,25). The minimum absolute atomic E-state index is 0.00904. The lowest BCUT2D eigenvalue weighted by Crippen LogP contribution is -2.53. The average molecular weight is 400 g/mol. The number of carbonyl (C=O) groups excluding carboxylic acids is 2. The molecular formula is C18H19F3N2O5. The van der Waals surface area contributed by atoms with Gasteiger partial charge in [-0.2, -0.15) is 13.2 Å². The molecule has 1 unspecified atom stereocenters. The van der Waals surface area contributed by atoms with Crippen LogP contribution in [0.4, 0.5) is 19.1 Å². The van der Waals surface area contributed by atoms with Crippen LogP contribution in [0, 0.1) is 0 Å². The van der Waals surface area contributed by atoms with Crippen molar-refractivity contribution >= 4 is 17.8 Å². The molecule has 0 spiro atoms. The van der Waals surface area contributed by atoms with Gasteiger partial charge in [0.2, 0.25) is 11.6 Å². The van der Waals surface area contributed by atoms with E-state index in [-0.39, 0.29) is 18.9 Å². The van der Waals surface area contributed by atoms with Crippen LogP contribution in [0.15, 0.2) is 34.7 Å². The number of carbonyl (C=O) groups is 2. The molecule has 10 heteroatoms. The third-order valence-corrected chi connectivity index (χ3v) is 3.88. The number of nitrogens with one attached hydrogen (secondary N) is 1. The summed E-state index contributed by atoms with van der Waals surface area (Å²) >= 11 is 0. The van der Waals surface area contributed by atoms with E-state index in [0.717, 1.165) is 19.2 Å². The number of aryl methyl sites for hydroxylation is 1. The number of rotatable bonds is 7. The van der Waals surface area contributed by atoms with E-state index < -0.39 is 40.8 Å². The SMILES string of the molecule is CCOC(=O)c1nc(CC)oc1NC(=O)C(OC)(c1ccccc1)C(F)(F)F. The van der Waals surface area contributed by atoms with Crippen LogP contribution in [0.5, 0.6) is 0 Å². The molecule has 1 aromatic heterocycles. The third kappa shape index (κ3) is 3.86. The van der Waals surface area contributed by atoms with Crippen molar-refractivity contribution in [3.63, 3.8) is 0 Å². The Labute approximate surface area is 158 Å². The first-order valence-electron chi connectivity index (χ1n) is 8.36. The van der Waals surface area contributed by atoms with E-state index in [1.165, 1.54) is 18.2 Å². The quantitative estimate of drug-likeness (QED) is 0.716. The number of nitrogens with zero attached hydrogens (tertiary/aromatic N) is 1. The first kappa shape index (κ1) is 21.4. The summed E-state index contributed by atoms with van der Waals surface area (Å²) in [6.45, 7) is 3.21. The number of halogens is 3. The van der Waals surface area contributed by atoms with Gasteiger partial charge < -0.3 is 13.9 Å². The van der Waals surface area contributed by atoms with Gasteiger partial charge in [-0.1, -0.05) is 37.3 Å². The number of hydrogen-bond donors (Lipinski definition) is 1. The van der Waals surface area contributed by atoms with Crippen molar-refractivity contribution in [1.29, 1.82) is 0 Å². The molecule has 0 aliphatic rings. The summed E-state index contributed by atoms with van der Waals surface area (Å²) < 4.78 is 56.5. The molecule has 0 fully saturated rings. The van der Waals surface area contributed by atoms with E-state index in [1.54, 1.807) is 13.8 Å². The lowest BCUT2D eigenvalue weighted by atomic mass is 9.91. The Hall–Kier alpha value is -2.88. The van der Waals surface area contributed by atoms with E-state index in [0.29, 0.717) is 0 Å². The zero-order valence-electron chi connectivity index (χ0n) is 15.4. The van der Waals surface area contributed by atoms with E-state index >= 15 is 0 Å². The van der Waals surface area contributed by atoms with Gasteiger partial charge in [0, 0.05) is 19.1 Å². The normalized spacial score (nSPS) is 13.6. The van der Waals surface area contributed by atoms with E-state index in [1.807, 2.05) is 5.32 Å². The molecule has 0 bridgehead atoms. The molecule has 1 N–H and O–H groups in total. The van der Waals surface area contributed by atoms with Crippen molar-refractivity contribution in [1.82, 2.24) is 4.98 Å². The smallest absolute Gasteiger partial charge is 0.430 e. The second kappa shape index (κ2) is 8.42. The van der Waals surface area contributed by atoms with Gasteiger partial charge in [0.25, 0.3) is 11.5 Å². The number of esters is 1. The van der Waals surface area contributed by atoms with Crippen LogP contribution in [-0.4, -0.2) is 36.8 Å². The fourth-order valence-electron chi connectivity index (χ4n) is 2.55. The Morgan fingerprint density at radius 3 is 2.32 bits per heavy atom. The van der Waals surface area contributed by atoms with Gasteiger partial charge in [0.1, 0.15) is 0 Å². The van der Waals surface area contributed by atoms with Crippen molar-refractivity contribution in [3.05, 3.63) is 47.5 Å². The molecular weight excluding hydrogens is 381 g/mol. The summed E-state index contributed by atoms with van der Waals surface area (Å²) in [6, 6.07) is 6.41. The summed E-state index contributed by atoms with van der Waals surface area (Å²) in [5, 5.41) is 1.99. The minimum Gasteiger partial charge on any atom is -0.461 e. The van der Waals surface area contributed by atoms with Gasteiger partial charge in [0.05, 0.1) is 6.61 Å². The number of methoxy groups -OCH3 is 1. The van der Waals surface area contributed by atoms with Crippen LogP contribution in [0.3, 0.4) is 0 Å². The van der Waals surface area contributed by atoms with Crippen LogP contribution in [0.1, 0.15) is 35.8 Å². The molecule has 2 aromatic rings. The zero-order chi connectivity index (χ0) is 20.9. The maximum Gasteiger partial charge on any atom is 0.430 e. The molecule has 152 valence electrons. The molecule has 1 aromatic carbocycles. The monoisotopic (exact) mass is 400 g/mol. The molecule has 7 nitrogen and oxygen atoms in total. The predicted molar refractivity (Wildman–Crippen MR) is 91.7 cm³/mol. The summed E-state index contributed by atoms with van der Waals surface area (Å²) in [4.78, 5) is 28.6. The Kier molecular flexibility index (Phi) is 6.45. The highest BCUT2D eigenvalue weighted by molar-refractivity contribution is 6.02. The molecule has 0 aliphatic carbocycles.